The van der Waals surface area contributed by atoms with Crippen molar-refractivity contribution >= 4 is 23.3 Å². The van der Waals surface area contributed by atoms with Gasteiger partial charge in [-0.1, -0.05) is 60.7 Å². The highest BCUT2D eigenvalue weighted by Gasteiger charge is 2.08. The molecule has 30 heavy (non-hydrogen) atoms. The lowest BCUT2D eigenvalue weighted by molar-refractivity contribution is 0.414. The highest BCUT2D eigenvalue weighted by atomic mass is 16.5. The van der Waals surface area contributed by atoms with Crippen LogP contribution in [0.3, 0.4) is 0 Å². The molecule has 146 valence electrons. The number of methoxy groups -OCH3 is 2. The van der Waals surface area contributed by atoms with Crippen LogP contribution < -0.4 is 9.47 Å². The monoisotopic (exact) mass is 392 g/mol. The summed E-state index contributed by atoms with van der Waals surface area (Å²) in [6.07, 6.45) is 3.59. The van der Waals surface area contributed by atoms with Crippen molar-refractivity contribution in [1.82, 2.24) is 0 Å². The van der Waals surface area contributed by atoms with Crippen LogP contribution in [0, 0.1) is 22.7 Å². The molecule has 0 unspecified atom stereocenters. The van der Waals surface area contributed by atoms with E-state index in [1.54, 1.807) is 26.4 Å². The average molecular weight is 392 g/mol. The number of rotatable bonds is 6. The highest BCUT2D eigenvalue weighted by Crippen LogP contribution is 2.27. The van der Waals surface area contributed by atoms with Crippen LogP contribution in [-0.2, 0) is 0 Å². The number of allylic oxidation sites excluding steroid dienone is 2. The number of hydrogen-bond acceptors (Lipinski definition) is 4. The van der Waals surface area contributed by atoms with Crippen molar-refractivity contribution in [3.05, 3.63) is 95.1 Å². The lowest BCUT2D eigenvalue weighted by Gasteiger charge is -2.07. The van der Waals surface area contributed by atoms with Gasteiger partial charge in [-0.25, -0.2) is 0 Å². The Labute approximate surface area is 176 Å². The number of para-hydroxylation sites is 2. The van der Waals surface area contributed by atoms with Crippen LogP contribution in [0.2, 0.25) is 0 Å². The van der Waals surface area contributed by atoms with Crippen LogP contribution in [0.15, 0.2) is 72.8 Å². The number of benzene rings is 3. The molecule has 4 heteroatoms. The molecule has 0 saturated carbocycles. The fourth-order valence-corrected chi connectivity index (χ4v) is 3.07. The lowest BCUT2D eigenvalue weighted by atomic mass is 9.98. The Balaban J connectivity index is 1.95. The van der Waals surface area contributed by atoms with Crippen molar-refractivity contribution in [2.45, 2.75) is 0 Å². The predicted molar refractivity (Wildman–Crippen MR) is 119 cm³/mol. The minimum Gasteiger partial charge on any atom is -0.496 e. The molecule has 0 amide bonds. The van der Waals surface area contributed by atoms with E-state index in [1.807, 2.05) is 72.8 Å². The van der Waals surface area contributed by atoms with Crippen LogP contribution in [-0.4, -0.2) is 14.2 Å². The van der Waals surface area contributed by atoms with Gasteiger partial charge in [-0.2, -0.15) is 10.5 Å². The molecule has 0 aliphatic heterocycles. The van der Waals surface area contributed by atoms with Crippen molar-refractivity contribution in [3.63, 3.8) is 0 Å². The Morgan fingerprint density at radius 3 is 1.33 bits per heavy atom. The zero-order chi connectivity index (χ0) is 21.3. The Kier molecular flexibility index (Phi) is 6.66. The Morgan fingerprint density at radius 2 is 1.00 bits per heavy atom. The second-order valence-corrected chi connectivity index (χ2v) is 6.40. The van der Waals surface area contributed by atoms with E-state index < -0.39 is 0 Å². The van der Waals surface area contributed by atoms with E-state index in [0.717, 1.165) is 22.3 Å². The normalized spacial score (nSPS) is 11.3. The van der Waals surface area contributed by atoms with Gasteiger partial charge in [-0.3, -0.25) is 0 Å². The molecule has 0 heterocycles. The second-order valence-electron chi connectivity index (χ2n) is 6.40. The third-order valence-electron chi connectivity index (χ3n) is 4.63. The third-order valence-corrected chi connectivity index (χ3v) is 4.63. The van der Waals surface area contributed by atoms with Crippen LogP contribution in [0.5, 0.6) is 11.5 Å². The molecule has 3 rings (SSSR count). The zero-order valence-corrected chi connectivity index (χ0v) is 16.8. The van der Waals surface area contributed by atoms with Gasteiger partial charge in [0.2, 0.25) is 0 Å². The first kappa shape index (κ1) is 20.5. The molecule has 0 atom stereocenters. The third kappa shape index (κ3) is 4.58. The minimum absolute atomic E-state index is 0.512. The topological polar surface area (TPSA) is 66.0 Å². The number of ether oxygens (including phenoxy) is 2. The summed E-state index contributed by atoms with van der Waals surface area (Å²) in [6, 6.07) is 26.9. The quantitative estimate of drug-likeness (QED) is 0.391. The molecule has 0 bridgehead atoms. The van der Waals surface area contributed by atoms with Crippen LogP contribution >= 0.6 is 0 Å². The molecule has 4 nitrogen and oxygen atoms in total. The smallest absolute Gasteiger partial charge is 0.126 e. The molecular weight excluding hydrogens is 372 g/mol. The maximum Gasteiger partial charge on any atom is 0.126 e. The summed E-state index contributed by atoms with van der Waals surface area (Å²) >= 11 is 0. The van der Waals surface area contributed by atoms with Crippen LogP contribution in [0.4, 0.5) is 0 Å². The van der Waals surface area contributed by atoms with E-state index in [1.165, 1.54) is 0 Å². The van der Waals surface area contributed by atoms with Gasteiger partial charge in [0.15, 0.2) is 0 Å². The largest absolute Gasteiger partial charge is 0.496 e. The lowest BCUT2D eigenvalue weighted by Crippen LogP contribution is -1.89. The maximum atomic E-state index is 9.64. The summed E-state index contributed by atoms with van der Waals surface area (Å²) in [6.45, 7) is 0. The first-order valence-corrected chi connectivity index (χ1v) is 9.30. The predicted octanol–water partition coefficient (Wildman–Crippen LogP) is 5.83. The van der Waals surface area contributed by atoms with Gasteiger partial charge in [0.05, 0.1) is 37.5 Å². The number of hydrogen-bond donors (Lipinski definition) is 0. The van der Waals surface area contributed by atoms with E-state index in [4.69, 9.17) is 9.47 Å². The van der Waals surface area contributed by atoms with Crippen LogP contribution in [0.1, 0.15) is 22.3 Å². The highest BCUT2D eigenvalue weighted by molar-refractivity contribution is 5.93. The SMILES string of the molecule is COc1ccccc1/C=C(\C#N)c1ccc(/C(C#N)=C/c2ccccc2OC)cc1. The molecule has 0 saturated heterocycles. The molecule has 3 aromatic carbocycles. The van der Waals surface area contributed by atoms with Crippen LogP contribution in [0.25, 0.3) is 23.3 Å². The zero-order valence-electron chi connectivity index (χ0n) is 16.8. The van der Waals surface area contributed by atoms with Crippen molar-refractivity contribution in [2.75, 3.05) is 14.2 Å². The van der Waals surface area contributed by atoms with Gasteiger partial charge < -0.3 is 9.47 Å². The van der Waals surface area contributed by atoms with Gasteiger partial charge >= 0.3 is 0 Å². The summed E-state index contributed by atoms with van der Waals surface area (Å²) in [5, 5.41) is 19.3. The molecule has 0 N–H and O–H groups in total. The molecule has 0 aliphatic carbocycles. The number of nitriles is 2. The van der Waals surface area contributed by atoms with Crippen molar-refractivity contribution in [2.24, 2.45) is 0 Å². The van der Waals surface area contributed by atoms with E-state index in [0.29, 0.717) is 22.6 Å². The summed E-state index contributed by atoms with van der Waals surface area (Å²) in [5.41, 5.74) is 4.21. The molecule has 3 aromatic rings. The summed E-state index contributed by atoms with van der Waals surface area (Å²) < 4.78 is 10.7. The Bertz CT molecular complexity index is 1080. The van der Waals surface area contributed by atoms with Crippen molar-refractivity contribution < 1.29 is 9.47 Å². The fourth-order valence-electron chi connectivity index (χ4n) is 3.07. The van der Waals surface area contributed by atoms with Crippen molar-refractivity contribution in [1.29, 1.82) is 10.5 Å². The minimum atomic E-state index is 0.512. The Morgan fingerprint density at radius 1 is 0.633 bits per heavy atom. The summed E-state index contributed by atoms with van der Waals surface area (Å²) in [7, 11) is 3.20. The molecule has 0 fully saturated rings. The van der Waals surface area contributed by atoms with E-state index in [2.05, 4.69) is 12.1 Å². The standard InChI is InChI=1S/C26H20N2O2/c1-29-25-9-5-3-7-21(25)15-23(17-27)19-11-13-20(14-12-19)24(18-28)16-22-8-4-6-10-26(22)30-2/h3-16H,1-2H3/b23-15+,24-16+. The average Bonchev–Trinajstić information content (AvgIpc) is 2.81. The molecule has 0 radical (unpaired) electrons. The van der Waals surface area contributed by atoms with Gasteiger partial charge in [0.25, 0.3) is 0 Å². The van der Waals surface area contributed by atoms with Gasteiger partial charge in [-0.15, -0.1) is 0 Å². The second kappa shape index (κ2) is 9.78. The van der Waals surface area contributed by atoms with E-state index in [-0.39, 0.29) is 0 Å². The van der Waals surface area contributed by atoms with E-state index in [9.17, 15) is 10.5 Å². The van der Waals surface area contributed by atoms with Gasteiger partial charge in [-0.05, 0) is 35.4 Å². The first-order chi connectivity index (χ1) is 14.7. The summed E-state index contributed by atoms with van der Waals surface area (Å²) in [4.78, 5) is 0. The Hall–Kier alpha value is -4.28. The molecule has 0 aromatic heterocycles. The number of nitrogens with zero attached hydrogens (tertiary/aromatic N) is 2. The fraction of sp³-hybridized carbons (Fsp3) is 0.0769. The summed E-state index contributed by atoms with van der Waals surface area (Å²) in [5.74, 6) is 1.40. The van der Waals surface area contributed by atoms with Gasteiger partial charge in [0.1, 0.15) is 11.5 Å². The molecule has 0 spiro atoms. The maximum absolute atomic E-state index is 9.64. The first-order valence-electron chi connectivity index (χ1n) is 9.30. The molecular formula is C26H20N2O2. The van der Waals surface area contributed by atoms with E-state index >= 15 is 0 Å². The molecule has 0 aliphatic rings. The van der Waals surface area contributed by atoms with Gasteiger partial charge in [0, 0.05) is 11.1 Å². The van der Waals surface area contributed by atoms with Crippen molar-refractivity contribution in [3.8, 4) is 23.6 Å².